The van der Waals surface area contributed by atoms with Crippen LogP contribution in [0.3, 0.4) is 0 Å². The van der Waals surface area contributed by atoms with Gasteiger partial charge in [-0.2, -0.15) is 5.10 Å². The third-order valence-electron chi connectivity index (χ3n) is 2.94. The van der Waals surface area contributed by atoms with E-state index < -0.39 is 0 Å². The van der Waals surface area contributed by atoms with Crippen LogP contribution in [0.5, 0.6) is 5.75 Å². The van der Waals surface area contributed by atoms with Gasteiger partial charge in [0, 0.05) is 5.41 Å². The Labute approximate surface area is 113 Å². The molecule has 0 amide bonds. The van der Waals surface area contributed by atoms with Gasteiger partial charge in [0.15, 0.2) is 5.82 Å². The van der Waals surface area contributed by atoms with Crippen LogP contribution in [0.1, 0.15) is 44.0 Å². The van der Waals surface area contributed by atoms with E-state index in [1.165, 1.54) is 0 Å². The number of rotatable bonds is 3. The molecule has 102 valence electrons. The number of nitrogens with two attached hydrogens (primary N) is 1. The van der Waals surface area contributed by atoms with Crippen LogP contribution in [0, 0.1) is 0 Å². The molecule has 0 fully saturated rings. The maximum Gasteiger partial charge on any atom is 0.156 e. The Balaban J connectivity index is 2.23. The fraction of sp³-hybridized carbons (Fsp3) is 0.429. The summed E-state index contributed by atoms with van der Waals surface area (Å²) in [6, 6.07) is 7.33. The van der Waals surface area contributed by atoms with Crippen molar-refractivity contribution in [2.45, 2.75) is 32.2 Å². The van der Waals surface area contributed by atoms with E-state index in [4.69, 9.17) is 10.5 Å². The molecule has 0 aliphatic carbocycles. The van der Waals surface area contributed by atoms with Gasteiger partial charge in [0.05, 0.1) is 13.2 Å². The Morgan fingerprint density at radius 1 is 1.21 bits per heavy atom. The SMILES string of the molecule is COc1ccc(C(N)c2nc(C(C)(C)C)n[nH]2)cc1. The standard InChI is InChI=1S/C14H20N4O/c1-14(2,3)13-16-12(17-18-13)11(15)9-5-7-10(19-4)8-6-9/h5-8,11H,15H2,1-4H3,(H,16,17,18). The number of hydrogen-bond acceptors (Lipinski definition) is 4. The van der Waals surface area contributed by atoms with Crippen molar-refractivity contribution in [3.8, 4) is 5.75 Å². The Hall–Kier alpha value is -1.88. The van der Waals surface area contributed by atoms with Gasteiger partial charge >= 0.3 is 0 Å². The van der Waals surface area contributed by atoms with E-state index in [9.17, 15) is 0 Å². The lowest BCUT2D eigenvalue weighted by Crippen LogP contribution is -2.16. The zero-order chi connectivity index (χ0) is 14.0. The average molecular weight is 260 g/mol. The minimum absolute atomic E-state index is 0.0889. The first-order chi connectivity index (χ1) is 8.91. The van der Waals surface area contributed by atoms with Crippen molar-refractivity contribution in [1.29, 1.82) is 0 Å². The number of hydrogen-bond donors (Lipinski definition) is 2. The summed E-state index contributed by atoms with van der Waals surface area (Å²) >= 11 is 0. The topological polar surface area (TPSA) is 76.8 Å². The molecule has 0 bridgehead atoms. The number of aromatic nitrogens is 3. The molecule has 2 rings (SSSR count). The minimum atomic E-state index is -0.311. The van der Waals surface area contributed by atoms with Crippen molar-refractivity contribution >= 4 is 0 Å². The van der Waals surface area contributed by atoms with E-state index in [0.29, 0.717) is 5.82 Å². The van der Waals surface area contributed by atoms with E-state index in [1.54, 1.807) is 7.11 Å². The van der Waals surface area contributed by atoms with Crippen LogP contribution in [0.2, 0.25) is 0 Å². The molecule has 2 aromatic rings. The van der Waals surface area contributed by atoms with E-state index in [1.807, 2.05) is 24.3 Å². The predicted molar refractivity (Wildman–Crippen MR) is 74.1 cm³/mol. The lowest BCUT2D eigenvalue weighted by molar-refractivity contribution is 0.414. The van der Waals surface area contributed by atoms with Crippen molar-refractivity contribution in [3.05, 3.63) is 41.5 Å². The molecule has 19 heavy (non-hydrogen) atoms. The number of benzene rings is 1. The Morgan fingerprint density at radius 2 is 1.84 bits per heavy atom. The van der Waals surface area contributed by atoms with Gasteiger partial charge in [0.25, 0.3) is 0 Å². The number of H-pyrrole nitrogens is 1. The molecule has 0 aliphatic rings. The highest BCUT2D eigenvalue weighted by Gasteiger charge is 2.21. The first kappa shape index (κ1) is 13.5. The normalized spacial score (nSPS) is 13.3. The molecule has 3 N–H and O–H groups in total. The molecule has 0 spiro atoms. The Kier molecular flexibility index (Phi) is 3.57. The number of aromatic amines is 1. The lowest BCUT2D eigenvalue weighted by Gasteiger charge is -2.12. The van der Waals surface area contributed by atoms with Gasteiger partial charge in [-0.3, -0.25) is 5.10 Å². The van der Waals surface area contributed by atoms with Crippen LogP contribution < -0.4 is 10.5 Å². The maximum absolute atomic E-state index is 6.19. The van der Waals surface area contributed by atoms with Crippen molar-refractivity contribution in [3.63, 3.8) is 0 Å². The van der Waals surface area contributed by atoms with Crippen molar-refractivity contribution in [2.75, 3.05) is 7.11 Å². The Bertz CT molecular complexity index is 539. The van der Waals surface area contributed by atoms with E-state index in [2.05, 4.69) is 36.0 Å². The molecule has 0 saturated heterocycles. The highest BCUT2D eigenvalue weighted by Crippen LogP contribution is 2.22. The fourth-order valence-corrected chi connectivity index (χ4v) is 1.72. The molecule has 0 radical (unpaired) electrons. The molecule has 0 saturated carbocycles. The molecular formula is C14H20N4O. The van der Waals surface area contributed by atoms with Gasteiger partial charge in [-0.1, -0.05) is 32.9 Å². The van der Waals surface area contributed by atoms with Crippen molar-refractivity contribution in [2.24, 2.45) is 5.73 Å². The van der Waals surface area contributed by atoms with Gasteiger partial charge in [0.2, 0.25) is 0 Å². The molecule has 1 aromatic heterocycles. The average Bonchev–Trinajstić information content (AvgIpc) is 2.87. The van der Waals surface area contributed by atoms with Crippen LogP contribution in [0.15, 0.2) is 24.3 Å². The third-order valence-corrected chi connectivity index (χ3v) is 2.94. The summed E-state index contributed by atoms with van der Waals surface area (Å²) < 4.78 is 5.13. The highest BCUT2D eigenvalue weighted by molar-refractivity contribution is 5.31. The van der Waals surface area contributed by atoms with Gasteiger partial charge < -0.3 is 10.5 Å². The molecule has 1 heterocycles. The molecule has 1 atom stereocenters. The molecule has 1 unspecified atom stereocenters. The first-order valence-corrected chi connectivity index (χ1v) is 6.24. The van der Waals surface area contributed by atoms with Gasteiger partial charge in [-0.25, -0.2) is 4.98 Å². The fourth-order valence-electron chi connectivity index (χ4n) is 1.72. The van der Waals surface area contributed by atoms with Crippen LogP contribution in [-0.4, -0.2) is 22.3 Å². The van der Waals surface area contributed by atoms with E-state index >= 15 is 0 Å². The summed E-state index contributed by atoms with van der Waals surface area (Å²) in [5.41, 5.74) is 7.07. The molecule has 5 nitrogen and oxygen atoms in total. The monoisotopic (exact) mass is 260 g/mol. The summed E-state index contributed by atoms with van der Waals surface area (Å²) in [5, 5.41) is 7.15. The predicted octanol–water partition coefficient (Wildman–Crippen LogP) is 2.16. The highest BCUT2D eigenvalue weighted by atomic mass is 16.5. The second-order valence-electron chi connectivity index (χ2n) is 5.55. The largest absolute Gasteiger partial charge is 0.497 e. The minimum Gasteiger partial charge on any atom is -0.497 e. The van der Waals surface area contributed by atoms with Crippen molar-refractivity contribution in [1.82, 2.24) is 15.2 Å². The third kappa shape index (κ3) is 2.93. The second-order valence-corrected chi connectivity index (χ2v) is 5.55. The van der Waals surface area contributed by atoms with Crippen LogP contribution in [0.25, 0.3) is 0 Å². The maximum atomic E-state index is 6.19. The second kappa shape index (κ2) is 5.01. The quantitative estimate of drug-likeness (QED) is 0.886. The van der Waals surface area contributed by atoms with Gasteiger partial charge in [0.1, 0.15) is 11.6 Å². The number of methoxy groups -OCH3 is 1. The Morgan fingerprint density at radius 3 is 2.32 bits per heavy atom. The smallest absolute Gasteiger partial charge is 0.156 e. The van der Waals surface area contributed by atoms with Crippen LogP contribution in [-0.2, 0) is 5.41 Å². The number of nitrogens with zero attached hydrogens (tertiary/aromatic N) is 2. The van der Waals surface area contributed by atoms with E-state index in [-0.39, 0.29) is 11.5 Å². The molecule has 1 aromatic carbocycles. The molecule has 5 heteroatoms. The van der Waals surface area contributed by atoms with E-state index in [0.717, 1.165) is 17.1 Å². The lowest BCUT2D eigenvalue weighted by atomic mass is 9.96. The molecular weight excluding hydrogens is 240 g/mol. The summed E-state index contributed by atoms with van der Waals surface area (Å²) in [5.74, 6) is 2.26. The first-order valence-electron chi connectivity index (χ1n) is 6.24. The summed E-state index contributed by atoms with van der Waals surface area (Å²) in [6.45, 7) is 6.20. The van der Waals surface area contributed by atoms with Crippen molar-refractivity contribution < 1.29 is 4.74 Å². The number of nitrogens with one attached hydrogen (secondary N) is 1. The summed E-state index contributed by atoms with van der Waals surface area (Å²) in [4.78, 5) is 4.48. The zero-order valence-corrected chi connectivity index (χ0v) is 11.8. The summed E-state index contributed by atoms with van der Waals surface area (Å²) in [7, 11) is 1.64. The van der Waals surface area contributed by atoms with Crippen LogP contribution >= 0.6 is 0 Å². The molecule has 0 aliphatic heterocycles. The zero-order valence-electron chi connectivity index (χ0n) is 11.8. The summed E-state index contributed by atoms with van der Waals surface area (Å²) in [6.07, 6.45) is 0. The number of ether oxygens (including phenoxy) is 1. The van der Waals surface area contributed by atoms with Crippen LogP contribution in [0.4, 0.5) is 0 Å². The van der Waals surface area contributed by atoms with Gasteiger partial charge in [-0.05, 0) is 17.7 Å². The van der Waals surface area contributed by atoms with Gasteiger partial charge in [-0.15, -0.1) is 0 Å².